The van der Waals surface area contributed by atoms with Crippen molar-refractivity contribution in [3.63, 3.8) is 0 Å². The average Bonchev–Trinajstić information content (AvgIpc) is 3.16. The molecule has 0 radical (unpaired) electrons. The van der Waals surface area contributed by atoms with E-state index in [0.717, 1.165) is 25.8 Å². The molecule has 2 heterocycles. The number of carbonyl (C=O) groups is 2. The van der Waals surface area contributed by atoms with E-state index in [-0.39, 0.29) is 30.3 Å². The molecule has 1 aliphatic heterocycles. The summed E-state index contributed by atoms with van der Waals surface area (Å²) in [5, 5.41) is 13.1. The first-order chi connectivity index (χ1) is 12.1. The third kappa shape index (κ3) is 5.06. The predicted octanol–water partition coefficient (Wildman–Crippen LogP) is 2.59. The van der Waals surface area contributed by atoms with Gasteiger partial charge in [-0.2, -0.15) is 5.10 Å². The highest BCUT2D eigenvalue weighted by molar-refractivity contribution is 5.97. The fourth-order valence-corrected chi connectivity index (χ4v) is 2.86. The summed E-state index contributed by atoms with van der Waals surface area (Å²) in [6.45, 7) is 2.65. The number of piperidine rings is 1. The summed E-state index contributed by atoms with van der Waals surface area (Å²) in [5.74, 6) is -0.200. The molecule has 2 atom stereocenters. The Morgan fingerprint density at radius 1 is 1.23 bits per heavy atom. The van der Waals surface area contributed by atoms with Crippen LogP contribution in [0.2, 0.25) is 0 Å². The molecule has 140 valence electrons. The molecular formula is C18H24ClN5O2. The van der Waals surface area contributed by atoms with Crippen molar-refractivity contribution in [2.45, 2.75) is 38.3 Å². The van der Waals surface area contributed by atoms with E-state index >= 15 is 0 Å². The Labute approximate surface area is 159 Å². The van der Waals surface area contributed by atoms with Gasteiger partial charge in [-0.25, -0.2) is 0 Å². The van der Waals surface area contributed by atoms with Gasteiger partial charge in [0, 0.05) is 23.8 Å². The summed E-state index contributed by atoms with van der Waals surface area (Å²) in [6, 6.07) is 8.38. The van der Waals surface area contributed by atoms with Crippen molar-refractivity contribution in [1.29, 1.82) is 0 Å². The predicted molar refractivity (Wildman–Crippen MR) is 104 cm³/mol. The normalized spacial score (nSPS) is 17.7. The summed E-state index contributed by atoms with van der Waals surface area (Å²) in [7, 11) is 0. The Kier molecular flexibility index (Phi) is 7.17. The van der Waals surface area contributed by atoms with E-state index in [1.165, 1.54) is 0 Å². The van der Waals surface area contributed by atoms with Crippen LogP contribution in [-0.4, -0.2) is 34.2 Å². The lowest BCUT2D eigenvalue weighted by Gasteiger charge is -2.22. The molecule has 0 aliphatic carbocycles. The number of amides is 2. The molecule has 1 aromatic carbocycles. The van der Waals surface area contributed by atoms with Crippen LogP contribution in [0.5, 0.6) is 0 Å². The van der Waals surface area contributed by atoms with E-state index < -0.39 is 6.04 Å². The van der Waals surface area contributed by atoms with Gasteiger partial charge in [0.05, 0.1) is 6.04 Å². The Balaban J connectivity index is 0.00000243. The van der Waals surface area contributed by atoms with Crippen molar-refractivity contribution in [1.82, 2.24) is 15.1 Å². The molecule has 1 saturated heterocycles. The number of carbonyl (C=O) groups excluding carboxylic acids is 2. The van der Waals surface area contributed by atoms with Gasteiger partial charge < -0.3 is 16.0 Å². The number of hydrogen-bond acceptors (Lipinski definition) is 4. The first kappa shape index (κ1) is 19.9. The second kappa shape index (κ2) is 9.35. The molecule has 0 spiro atoms. The van der Waals surface area contributed by atoms with Gasteiger partial charge in [-0.1, -0.05) is 12.5 Å². The fraction of sp³-hybridized carbons (Fsp3) is 0.389. The molecule has 1 aliphatic rings. The largest absolute Gasteiger partial charge is 0.325 e. The number of aromatic nitrogens is 2. The number of nitrogens with one attached hydrogen (secondary N) is 3. The summed E-state index contributed by atoms with van der Waals surface area (Å²) < 4.78 is 1.59. The molecule has 2 amide bonds. The van der Waals surface area contributed by atoms with Crippen LogP contribution in [0.15, 0.2) is 42.7 Å². The molecule has 0 bridgehead atoms. The van der Waals surface area contributed by atoms with Crippen LogP contribution in [0.25, 0.3) is 0 Å². The van der Waals surface area contributed by atoms with Crippen molar-refractivity contribution in [3.8, 4) is 0 Å². The lowest BCUT2D eigenvalue weighted by Crippen LogP contribution is -2.43. The van der Waals surface area contributed by atoms with E-state index in [2.05, 4.69) is 21.0 Å². The molecule has 2 aromatic rings. The highest BCUT2D eigenvalue weighted by atomic mass is 35.5. The minimum Gasteiger partial charge on any atom is -0.325 e. The monoisotopic (exact) mass is 377 g/mol. The third-order valence-electron chi connectivity index (χ3n) is 4.33. The Morgan fingerprint density at radius 3 is 2.65 bits per heavy atom. The topological polar surface area (TPSA) is 88.0 Å². The average molecular weight is 378 g/mol. The Bertz CT molecular complexity index is 729. The molecular weight excluding hydrogens is 354 g/mol. The van der Waals surface area contributed by atoms with Gasteiger partial charge in [0.2, 0.25) is 11.8 Å². The zero-order chi connectivity index (χ0) is 17.6. The standard InChI is InChI=1S/C18H23N5O2.ClH/c1-13(23-11-5-10-20-23)17(24)21-14-6-4-7-15(12-14)22-18(25)16-8-2-3-9-19-16;/h4-7,10-13,16,19H,2-3,8-9H2,1H3,(H,21,24)(H,22,25);1H. The minimum absolute atomic E-state index is 0. The molecule has 7 nitrogen and oxygen atoms in total. The number of halogens is 1. The zero-order valence-electron chi connectivity index (χ0n) is 14.6. The van der Waals surface area contributed by atoms with E-state index in [1.54, 1.807) is 48.3 Å². The van der Waals surface area contributed by atoms with Gasteiger partial charge in [-0.3, -0.25) is 14.3 Å². The number of nitrogens with zero attached hydrogens (tertiary/aromatic N) is 2. The molecule has 3 rings (SSSR count). The van der Waals surface area contributed by atoms with Gasteiger partial charge in [-0.15, -0.1) is 12.4 Å². The molecule has 3 N–H and O–H groups in total. The summed E-state index contributed by atoms with van der Waals surface area (Å²) in [6.07, 6.45) is 6.41. The number of benzene rings is 1. The molecule has 1 fully saturated rings. The van der Waals surface area contributed by atoms with E-state index in [0.29, 0.717) is 11.4 Å². The Morgan fingerprint density at radius 2 is 2.00 bits per heavy atom. The quantitative estimate of drug-likeness (QED) is 0.747. The first-order valence-corrected chi connectivity index (χ1v) is 8.58. The van der Waals surface area contributed by atoms with Crippen molar-refractivity contribution in [3.05, 3.63) is 42.7 Å². The van der Waals surface area contributed by atoms with Crippen LogP contribution in [0.1, 0.15) is 32.2 Å². The van der Waals surface area contributed by atoms with Crippen LogP contribution in [0.3, 0.4) is 0 Å². The highest BCUT2D eigenvalue weighted by Gasteiger charge is 2.20. The maximum atomic E-state index is 12.3. The van der Waals surface area contributed by atoms with Crippen molar-refractivity contribution < 1.29 is 9.59 Å². The van der Waals surface area contributed by atoms with Crippen molar-refractivity contribution in [2.75, 3.05) is 17.2 Å². The second-order valence-electron chi connectivity index (χ2n) is 6.22. The SMILES string of the molecule is CC(C(=O)Nc1cccc(NC(=O)C2CCCCN2)c1)n1cccn1.Cl. The second-order valence-corrected chi connectivity index (χ2v) is 6.22. The fourth-order valence-electron chi connectivity index (χ4n) is 2.86. The van der Waals surface area contributed by atoms with Gasteiger partial charge >= 0.3 is 0 Å². The van der Waals surface area contributed by atoms with E-state index in [4.69, 9.17) is 0 Å². The van der Waals surface area contributed by atoms with Gasteiger partial charge in [0.1, 0.15) is 6.04 Å². The first-order valence-electron chi connectivity index (χ1n) is 8.58. The molecule has 26 heavy (non-hydrogen) atoms. The smallest absolute Gasteiger partial charge is 0.248 e. The summed E-state index contributed by atoms with van der Waals surface area (Å²) in [4.78, 5) is 24.6. The number of rotatable bonds is 5. The zero-order valence-corrected chi connectivity index (χ0v) is 15.5. The molecule has 0 saturated carbocycles. The third-order valence-corrected chi connectivity index (χ3v) is 4.33. The van der Waals surface area contributed by atoms with E-state index in [9.17, 15) is 9.59 Å². The van der Waals surface area contributed by atoms with Crippen LogP contribution in [-0.2, 0) is 9.59 Å². The summed E-state index contributed by atoms with van der Waals surface area (Å²) >= 11 is 0. The van der Waals surface area contributed by atoms with Crippen LogP contribution in [0.4, 0.5) is 11.4 Å². The van der Waals surface area contributed by atoms with Crippen molar-refractivity contribution >= 4 is 35.6 Å². The molecule has 8 heteroatoms. The molecule has 1 aromatic heterocycles. The lowest BCUT2D eigenvalue weighted by molar-refractivity contribution is -0.119. The van der Waals surface area contributed by atoms with E-state index in [1.807, 2.05) is 6.07 Å². The number of hydrogen-bond donors (Lipinski definition) is 3. The van der Waals surface area contributed by atoms with Crippen LogP contribution < -0.4 is 16.0 Å². The maximum Gasteiger partial charge on any atom is 0.248 e. The maximum absolute atomic E-state index is 12.3. The van der Waals surface area contributed by atoms with Gasteiger partial charge in [0.15, 0.2) is 0 Å². The Hall–Kier alpha value is -2.38. The number of anilines is 2. The minimum atomic E-state index is -0.417. The molecule has 2 unspecified atom stereocenters. The highest BCUT2D eigenvalue weighted by Crippen LogP contribution is 2.18. The lowest BCUT2D eigenvalue weighted by atomic mass is 10.0. The van der Waals surface area contributed by atoms with Gasteiger partial charge in [-0.05, 0) is 50.6 Å². The van der Waals surface area contributed by atoms with Crippen LogP contribution >= 0.6 is 12.4 Å². The van der Waals surface area contributed by atoms with Crippen molar-refractivity contribution in [2.24, 2.45) is 0 Å². The summed E-state index contributed by atoms with van der Waals surface area (Å²) in [5.41, 5.74) is 1.31. The van der Waals surface area contributed by atoms with Crippen LogP contribution in [0, 0.1) is 0 Å². The van der Waals surface area contributed by atoms with Gasteiger partial charge in [0.25, 0.3) is 0 Å².